The first-order valence-electron chi connectivity index (χ1n) is 7.24. The Labute approximate surface area is 119 Å². The van der Waals surface area contributed by atoms with Gasteiger partial charge in [-0.3, -0.25) is 4.79 Å². The van der Waals surface area contributed by atoms with Crippen LogP contribution in [0.5, 0.6) is 0 Å². The Kier molecular flexibility index (Phi) is 5.40. The lowest BCUT2D eigenvalue weighted by Crippen LogP contribution is -2.34. The Bertz CT molecular complexity index is 410. The van der Waals surface area contributed by atoms with Gasteiger partial charge in [-0.25, -0.2) is 0 Å². The molecule has 0 aliphatic heterocycles. The Hall–Kier alpha value is -0.870. The lowest BCUT2D eigenvalue weighted by molar-refractivity contribution is -0.114. The maximum Gasteiger partial charge on any atom is 0.221 e. The molecule has 19 heavy (non-hydrogen) atoms. The van der Waals surface area contributed by atoms with Gasteiger partial charge in [-0.2, -0.15) is 0 Å². The van der Waals surface area contributed by atoms with Crippen molar-refractivity contribution in [1.29, 1.82) is 0 Å². The van der Waals surface area contributed by atoms with Crippen molar-refractivity contribution in [1.82, 2.24) is 5.32 Å². The summed E-state index contributed by atoms with van der Waals surface area (Å²) in [7, 11) is 0. The molecular formula is C15H24N2OS. The van der Waals surface area contributed by atoms with Crippen LogP contribution in [0.15, 0.2) is 11.4 Å². The monoisotopic (exact) mass is 280 g/mol. The lowest BCUT2D eigenvalue weighted by Gasteiger charge is -2.28. The van der Waals surface area contributed by atoms with E-state index in [4.69, 9.17) is 0 Å². The summed E-state index contributed by atoms with van der Waals surface area (Å²) >= 11 is 1.70. The van der Waals surface area contributed by atoms with E-state index < -0.39 is 0 Å². The molecule has 1 atom stereocenters. The number of carbonyl (C=O) groups excluding carboxylic acids is 1. The van der Waals surface area contributed by atoms with Gasteiger partial charge < -0.3 is 10.6 Å². The summed E-state index contributed by atoms with van der Waals surface area (Å²) in [5.74, 6) is 0.818. The summed E-state index contributed by atoms with van der Waals surface area (Å²) in [6, 6.07) is 2.54. The zero-order valence-corrected chi connectivity index (χ0v) is 12.7. The van der Waals surface area contributed by atoms with Gasteiger partial charge in [0, 0.05) is 24.4 Å². The van der Waals surface area contributed by atoms with Gasteiger partial charge in [-0.1, -0.05) is 19.3 Å². The van der Waals surface area contributed by atoms with Crippen LogP contribution >= 0.6 is 11.3 Å². The molecule has 1 fully saturated rings. The fourth-order valence-corrected chi connectivity index (χ4v) is 3.61. The van der Waals surface area contributed by atoms with Crippen molar-refractivity contribution in [3.05, 3.63) is 16.3 Å². The van der Waals surface area contributed by atoms with Crippen LogP contribution in [-0.4, -0.2) is 11.9 Å². The molecule has 1 saturated carbocycles. The summed E-state index contributed by atoms with van der Waals surface area (Å²) in [4.78, 5) is 12.3. The van der Waals surface area contributed by atoms with E-state index in [1.165, 1.54) is 37.0 Å². The number of carbonyl (C=O) groups is 1. The predicted molar refractivity (Wildman–Crippen MR) is 81.5 cm³/mol. The van der Waals surface area contributed by atoms with Crippen LogP contribution in [0.4, 0.5) is 5.69 Å². The highest BCUT2D eigenvalue weighted by molar-refractivity contribution is 7.10. The number of amides is 1. The van der Waals surface area contributed by atoms with E-state index in [-0.39, 0.29) is 5.91 Å². The molecule has 106 valence electrons. The third-order valence-corrected chi connectivity index (χ3v) is 4.92. The molecule has 1 heterocycles. The van der Waals surface area contributed by atoms with Crippen molar-refractivity contribution in [2.45, 2.75) is 58.5 Å². The lowest BCUT2D eigenvalue weighted by atomic mass is 9.84. The van der Waals surface area contributed by atoms with Crippen LogP contribution < -0.4 is 10.6 Å². The molecule has 3 nitrogen and oxygen atoms in total. The van der Waals surface area contributed by atoms with E-state index in [1.54, 1.807) is 18.3 Å². The SMILES string of the molecule is CC(=O)Nc1ccsc1CN[C@@H](C)C1CCCCC1. The third kappa shape index (κ3) is 4.32. The maximum absolute atomic E-state index is 11.1. The number of hydrogen-bond donors (Lipinski definition) is 2. The molecule has 0 spiro atoms. The second kappa shape index (κ2) is 7.06. The number of rotatable bonds is 5. The molecule has 1 amide bonds. The fraction of sp³-hybridized carbons (Fsp3) is 0.667. The fourth-order valence-electron chi connectivity index (χ4n) is 2.83. The summed E-state index contributed by atoms with van der Waals surface area (Å²) in [5.41, 5.74) is 0.959. The normalized spacial score (nSPS) is 18.2. The predicted octanol–water partition coefficient (Wildman–Crippen LogP) is 3.76. The average molecular weight is 280 g/mol. The van der Waals surface area contributed by atoms with E-state index in [2.05, 4.69) is 17.6 Å². The highest BCUT2D eigenvalue weighted by atomic mass is 32.1. The van der Waals surface area contributed by atoms with Crippen molar-refractivity contribution in [3.63, 3.8) is 0 Å². The van der Waals surface area contributed by atoms with Gasteiger partial charge >= 0.3 is 0 Å². The molecule has 2 rings (SSSR count). The largest absolute Gasteiger partial charge is 0.325 e. The number of hydrogen-bond acceptors (Lipinski definition) is 3. The minimum absolute atomic E-state index is 0.0000195. The summed E-state index contributed by atoms with van der Waals surface area (Å²) in [6.07, 6.45) is 6.88. The Morgan fingerprint density at radius 3 is 2.84 bits per heavy atom. The molecular weight excluding hydrogens is 256 g/mol. The Balaban J connectivity index is 1.84. The van der Waals surface area contributed by atoms with Gasteiger partial charge in [0.1, 0.15) is 0 Å². The smallest absolute Gasteiger partial charge is 0.221 e. The first kappa shape index (κ1) is 14.5. The van der Waals surface area contributed by atoms with E-state index in [0.29, 0.717) is 6.04 Å². The van der Waals surface area contributed by atoms with E-state index in [0.717, 1.165) is 18.2 Å². The number of anilines is 1. The van der Waals surface area contributed by atoms with E-state index in [1.807, 2.05) is 11.4 Å². The van der Waals surface area contributed by atoms with Crippen molar-refractivity contribution in [2.75, 3.05) is 5.32 Å². The maximum atomic E-state index is 11.1. The minimum atomic E-state index is -0.0000195. The van der Waals surface area contributed by atoms with E-state index >= 15 is 0 Å². The van der Waals surface area contributed by atoms with Crippen molar-refractivity contribution >= 4 is 22.9 Å². The topological polar surface area (TPSA) is 41.1 Å². The highest BCUT2D eigenvalue weighted by Gasteiger charge is 2.19. The molecule has 0 saturated heterocycles. The highest BCUT2D eigenvalue weighted by Crippen LogP contribution is 2.27. The first-order valence-corrected chi connectivity index (χ1v) is 8.12. The molecule has 1 aromatic rings. The van der Waals surface area contributed by atoms with Crippen LogP contribution in [0.3, 0.4) is 0 Å². The molecule has 0 bridgehead atoms. The van der Waals surface area contributed by atoms with Crippen molar-refractivity contribution in [2.24, 2.45) is 5.92 Å². The van der Waals surface area contributed by atoms with Crippen molar-refractivity contribution in [3.8, 4) is 0 Å². The summed E-state index contributed by atoms with van der Waals surface area (Å²) < 4.78 is 0. The average Bonchev–Trinajstić information content (AvgIpc) is 2.83. The number of thiophene rings is 1. The quantitative estimate of drug-likeness (QED) is 0.862. The van der Waals surface area contributed by atoms with Crippen LogP contribution in [0, 0.1) is 5.92 Å². The zero-order chi connectivity index (χ0) is 13.7. The molecule has 0 aromatic carbocycles. The molecule has 4 heteroatoms. The molecule has 1 aliphatic rings. The molecule has 0 unspecified atom stereocenters. The Morgan fingerprint density at radius 2 is 2.16 bits per heavy atom. The standard InChI is InChI=1S/C15H24N2OS/c1-11(13-6-4-3-5-7-13)16-10-15-14(8-9-19-15)17-12(2)18/h8-9,11,13,16H,3-7,10H2,1-2H3,(H,17,18)/t11-/m0/s1. The summed E-state index contributed by atoms with van der Waals surface area (Å²) in [6.45, 7) is 4.70. The Morgan fingerprint density at radius 1 is 1.42 bits per heavy atom. The van der Waals surface area contributed by atoms with Crippen LogP contribution in [0.25, 0.3) is 0 Å². The molecule has 1 aromatic heterocycles. The molecule has 2 N–H and O–H groups in total. The summed E-state index contributed by atoms with van der Waals surface area (Å²) in [5, 5.41) is 8.55. The van der Waals surface area contributed by atoms with E-state index in [9.17, 15) is 4.79 Å². The minimum Gasteiger partial charge on any atom is -0.325 e. The molecule has 1 aliphatic carbocycles. The van der Waals surface area contributed by atoms with Gasteiger partial charge in [0.15, 0.2) is 0 Å². The first-order chi connectivity index (χ1) is 9.16. The van der Waals surface area contributed by atoms with Crippen LogP contribution in [0.1, 0.15) is 50.8 Å². The van der Waals surface area contributed by atoms with Crippen molar-refractivity contribution < 1.29 is 4.79 Å². The van der Waals surface area contributed by atoms with Crippen LogP contribution in [0.2, 0.25) is 0 Å². The zero-order valence-electron chi connectivity index (χ0n) is 11.9. The second-order valence-corrected chi connectivity index (χ2v) is 6.51. The van der Waals surface area contributed by atoms with Gasteiger partial charge in [-0.15, -0.1) is 11.3 Å². The molecule has 0 radical (unpaired) electrons. The number of nitrogens with one attached hydrogen (secondary N) is 2. The second-order valence-electron chi connectivity index (χ2n) is 5.51. The van der Waals surface area contributed by atoms with Gasteiger partial charge in [0.2, 0.25) is 5.91 Å². The third-order valence-electron chi connectivity index (χ3n) is 4.00. The van der Waals surface area contributed by atoms with Gasteiger partial charge in [0.05, 0.1) is 5.69 Å². The van der Waals surface area contributed by atoms with Crippen LogP contribution in [-0.2, 0) is 11.3 Å². The van der Waals surface area contributed by atoms with Gasteiger partial charge in [-0.05, 0) is 37.1 Å². The van der Waals surface area contributed by atoms with Gasteiger partial charge in [0.25, 0.3) is 0 Å².